The van der Waals surface area contributed by atoms with E-state index in [0.717, 1.165) is 9.36 Å². The second-order valence-corrected chi connectivity index (χ2v) is 13.1. The van der Waals surface area contributed by atoms with E-state index in [2.05, 4.69) is 37.7 Å². The van der Waals surface area contributed by atoms with E-state index < -0.39 is 22.7 Å². The smallest absolute Gasteiger partial charge is 0.270 e. The second kappa shape index (κ2) is 15.8. The summed E-state index contributed by atoms with van der Waals surface area (Å²) in [7, 11) is 0. The van der Waals surface area contributed by atoms with E-state index in [-0.39, 0.29) is 63.1 Å². The first-order valence-electron chi connectivity index (χ1n) is 16.8. The maximum absolute atomic E-state index is 14.1. The number of rotatable bonds is 16. The van der Waals surface area contributed by atoms with Crippen LogP contribution in [0.2, 0.25) is 0 Å². The molecule has 0 unspecified atom stereocenters. The summed E-state index contributed by atoms with van der Waals surface area (Å²) < 4.78 is 37.6. The molecular formula is C35H39FN8O8. The topological polar surface area (TPSA) is 191 Å². The number of hydrogen-bond acceptors (Lipinski definition) is 12. The van der Waals surface area contributed by atoms with Gasteiger partial charge in [-0.25, -0.2) is 23.7 Å². The number of alkyl halides is 1. The van der Waals surface area contributed by atoms with Crippen LogP contribution < -0.4 is 31.2 Å². The van der Waals surface area contributed by atoms with Gasteiger partial charge >= 0.3 is 0 Å². The lowest BCUT2D eigenvalue weighted by molar-refractivity contribution is -0.146. The molecule has 0 aromatic carbocycles. The van der Waals surface area contributed by atoms with Crippen molar-refractivity contribution < 1.29 is 32.9 Å². The SMILES string of the molecule is CCNC(=O)Cn1nc(-c2ccc(OCC3(C)COC3)nc2)cc(CCNC(=O)Cn2nc(-c3ccc(OCC4(F)COC4)nc3)ccc2=O)c1=O. The number of likely N-dealkylation sites (N-methyl/N-ethyl adjacent to an activating group) is 1. The van der Waals surface area contributed by atoms with Gasteiger partial charge < -0.3 is 29.6 Å². The normalized spacial score (nSPS) is 15.5. The van der Waals surface area contributed by atoms with Gasteiger partial charge in [-0.1, -0.05) is 6.92 Å². The molecule has 17 heteroatoms. The average molecular weight is 719 g/mol. The van der Waals surface area contributed by atoms with Crippen molar-refractivity contribution in [3.05, 3.63) is 81.1 Å². The molecule has 6 heterocycles. The lowest BCUT2D eigenvalue weighted by atomic mass is 9.90. The quantitative estimate of drug-likeness (QED) is 0.167. The highest BCUT2D eigenvalue weighted by atomic mass is 19.1. The fourth-order valence-electron chi connectivity index (χ4n) is 5.28. The minimum absolute atomic E-state index is 0.0197. The molecular weight excluding hydrogens is 679 g/mol. The Kier molecular flexibility index (Phi) is 11.0. The van der Waals surface area contributed by atoms with Crippen molar-refractivity contribution in [1.82, 2.24) is 40.2 Å². The molecule has 2 N–H and O–H groups in total. The highest BCUT2D eigenvalue weighted by Gasteiger charge is 2.40. The van der Waals surface area contributed by atoms with Crippen LogP contribution in [0.1, 0.15) is 19.4 Å². The summed E-state index contributed by atoms with van der Waals surface area (Å²) in [4.78, 5) is 59.7. The zero-order valence-electron chi connectivity index (χ0n) is 28.8. The van der Waals surface area contributed by atoms with Crippen molar-refractivity contribution in [2.75, 3.05) is 52.7 Å². The van der Waals surface area contributed by atoms with E-state index in [0.29, 0.717) is 60.3 Å². The van der Waals surface area contributed by atoms with Crippen molar-refractivity contribution in [2.24, 2.45) is 5.41 Å². The summed E-state index contributed by atoms with van der Waals surface area (Å²) in [5.74, 6) is -0.227. The molecule has 2 amide bonds. The molecule has 0 saturated carbocycles. The first kappa shape index (κ1) is 36.2. The number of nitrogens with one attached hydrogen (secondary N) is 2. The highest BCUT2D eigenvalue weighted by molar-refractivity contribution is 5.76. The molecule has 2 saturated heterocycles. The summed E-state index contributed by atoms with van der Waals surface area (Å²) in [6.45, 7) is 5.11. The molecule has 0 atom stereocenters. The number of halogens is 1. The molecule has 2 fully saturated rings. The number of carbonyl (C=O) groups excluding carboxylic acids is 2. The Labute approximate surface area is 297 Å². The Bertz CT molecular complexity index is 2010. The van der Waals surface area contributed by atoms with Gasteiger partial charge in [0.05, 0.1) is 44.4 Å². The number of pyridine rings is 2. The highest BCUT2D eigenvalue weighted by Crippen LogP contribution is 2.28. The maximum Gasteiger partial charge on any atom is 0.270 e. The fourth-order valence-corrected chi connectivity index (χ4v) is 5.28. The van der Waals surface area contributed by atoms with Gasteiger partial charge in [0.25, 0.3) is 11.1 Å². The van der Waals surface area contributed by atoms with E-state index in [4.69, 9.17) is 18.9 Å². The summed E-state index contributed by atoms with van der Waals surface area (Å²) in [6.07, 6.45) is 3.16. The zero-order chi connectivity index (χ0) is 36.7. The Balaban J connectivity index is 1.09. The third-order valence-corrected chi connectivity index (χ3v) is 8.33. The van der Waals surface area contributed by atoms with Crippen molar-refractivity contribution in [3.63, 3.8) is 0 Å². The Morgan fingerprint density at radius 2 is 1.44 bits per heavy atom. The van der Waals surface area contributed by atoms with E-state index in [1.165, 1.54) is 18.3 Å². The molecule has 16 nitrogen and oxygen atoms in total. The molecule has 6 rings (SSSR count). The van der Waals surface area contributed by atoms with Gasteiger partial charge in [0.2, 0.25) is 23.6 Å². The second-order valence-electron chi connectivity index (χ2n) is 13.1. The van der Waals surface area contributed by atoms with Gasteiger partial charge in [0, 0.05) is 65.8 Å². The van der Waals surface area contributed by atoms with Gasteiger partial charge in [-0.05, 0) is 37.6 Å². The van der Waals surface area contributed by atoms with Gasteiger partial charge in [-0.2, -0.15) is 10.2 Å². The Morgan fingerprint density at radius 3 is 2.04 bits per heavy atom. The van der Waals surface area contributed by atoms with Gasteiger partial charge in [0.1, 0.15) is 19.7 Å². The van der Waals surface area contributed by atoms with E-state index >= 15 is 0 Å². The number of carbonyl (C=O) groups is 2. The number of ether oxygens (including phenoxy) is 4. The van der Waals surface area contributed by atoms with Crippen molar-refractivity contribution in [2.45, 2.75) is 39.0 Å². The lowest BCUT2D eigenvalue weighted by Crippen LogP contribution is -2.50. The van der Waals surface area contributed by atoms with Crippen molar-refractivity contribution >= 4 is 11.8 Å². The Morgan fingerprint density at radius 1 is 0.827 bits per heavy atom. The van der Waals surface area contributed by atoms with Crippen LogP contribution in [0.3, 0.4) is 0 Å². The number of amides is 2. The molecule has 0 radical (unpaired) electrons. The number of hydrogen-bond donors (Lipinski definition) is 2. The van der Waals surface area contributed by atoms with Crippen LogP contribution >= 0.6 is 0 Å². The predicted molar refractivity (Wildman–Crippen MR) is 183 cm³/mol. The average Bonchev–Trinajstić information content (AvgIpc) is 3.11. The first-order valence-corrected chi connectivity index (χ1v) is 16.8. The molecule has 52 heavy (non-hydrogen) atoms. The van der Waals surface area contributed by atoms with Crippen LogP contribution in [-0.2, 0) is 38.6 Å². The molecule has 0 spiro atoms. The van der Waals surface area contributed by atoms with Crippen molar-refractivity contribution in [1.29, 1.82) is 0 Å². The van der Waals surface area contributed by atoms with Crippen LogP contribution in [0.15, 0.2) is 64.4 Å². The van der Waals surface area contributed by atoms with E-state index in [1.54, 1.807) is 43.5 Å². The minimum Gasteiger partial charge on any atom is -0.477 e. The monoisotopic (exact) mass is 718 g/mol. The van der Waals surface area contributed by atoms with Crippen molar-refractivity contribution in [3.8, 4) is 34.3 Å². The summed E-state index contributed by atoms with van der Waals surface area (Å²) in [5, 5.41) is 14.1. The summed E-state index contributed by atoms with van der Waals surface area (Å²) >= 11 is 0. The van der Waals surface area contributed by atoms with Gasteiger partial charge in [0.15, 0.2) is 5.67 Å². The number of nitrogens with zero attached hydrogens (tertiary/aromatic N) is 6. The molecule has 2 aliphatic heterocycles. The van der Waals surface area contributed by atoms with Gasteiger partial charge in [-0.15, -0.1) is 0 Å². The summed E-state index contributed by atoms with van der Waals surface area (Å²) in [5.41, 5.74) is -0.290. The molecule has 0 bridgehead atoms. The maximum atomic E-state index is 14.1. The third-order valence-electron chi connectivity index (χ3n) is 8.33. The standard InChI is InChI=1S/C35H39FN8O8/c1-3-37-28(45)16-44-33(48)23(12-27(42-44)25-5-8-30(40-14-25)51-19-34(2)17-49-18-34)10-11-38-29(46)15-43-32(47)9-6-26(41-43)24-4-7-31(39-13-24)52-22-35(36)20-50-21-35/h4-9,12-14H,3,10-11,15-22H2,1-2H3,(H,37,45)(H,38,46). The third kappa shape index (κ3) is 9.02. The van der Waals surface area contributed by atoms with E-state index in [9.17, 15) is 23.6 Å². The van der Waals surface area contributed by atoms with Crippen LogP contribution in [-0.4, -0.2) is 99.7 Å². The molecule has 274 valence electrons. The molecule has 4 aromatic heterocycles. The van der Waals surface area contributed by atoms with Crippen LogP contribution in [0.25, 0.3) is 22.5 Å². The summed E-state index contributed by atoms with van der Waals surface area (Å²) in [6, 6.07) is 11.1. The van der Waals surface area contributed by atoms with Crippen LogP contribution in [0, 0.1) is 5.41 Å². The molecule has 4 aromatic rings. The van der Waals surface area contributed by atoms with E-state index in [1.807, 2.05) is 0 Å². The zero-order valence-corrected chi connectivity index (χ0v) is 28.8. The fraction of sp³-hybridized carbons (Fsp3) is 0.429. The van der Waals surface area contributed by atoms with Gasteiger partial charge in [-0.3, -0.25) is 19.2 Å². The molecule has 0 aliphatic carbocycles. The predicted octanol–water partition coefficient (Wildman–Crippen LogP) is 0.952. The lowest BCUT2D eigenvalue weighted by Gasteiger charge is -2.37. The van der Waals surface area contributed by atoms with Crippen LogP contribution in [0.5, 0.6) is 11.8 Å². The van der Waals surface area contributed by atoms with Crippen LogP contribution in [0.4, 0.5) is 4.39 Å². The minimum atomic E-state index is -1.52. The largest absolute Gasteiger partial charge is 0.477 e. The Hall–Kier alpha value is -5.55. The first-order chi connectivity index (χ1) is 25.0. The number of aromatic nitrogens is 6. The molecule has 2 aliphatic rings.